The summed E-state index contributed by atoms with van der Waals surface area (Å²) in [6.45, 7) is 8.46. The molecule has 0 aliphatic rings. The normalized spacial score (nSPS) is 12.4. The monoisotopic (exact) mass is 222 g/mol. The van der Waals surface area contributed by atoms with E-state index in [9.17, 15) is 0 Å². The average Bonchev–Trinajstić information content (AvgIpc) is 2.34. The minimum atomic E-state index is 0.622. The molecule has 0 spiro atoms. The zero-order valence-corrected chi connectivity index (χ0v) is 10.5. The van der Waals surface area contributed by atoms with Crippen molar-refractivity contribution in [1.29, 1.82) is 0 Å². The van der Waals surface area contributed by atoms with E-state index in [1.54, 1.807) is 0 Å². The van der Waals surface area contributed by atoms with Gasteiger partial charge in [0.2, 0.25) is 0 Å². The van der Waals surface area contributed by atoms with Gasteiger partial charge in [-0.1, -0.05) is 26.0 Å². The summed E-state index contributed by atoms with van der Waals surface area (Å²) < 4.78 is 10.8. The van der Waals surface area contributed by atoms with E-state index in [0.29, 0.717) is 19.1 Å². The lowest BCUT2D eigenvalue weighted by atomic mass is 9.99. The smallest absolute Gasteiger partial charge is 0.119 e. The molecule has 1 aromatic rings. The summed E-state index contributed by atoms with van der Waals surface area (Å²) in [7, 11) is 0. The summed E-state index contributed by atoms with van der Waals surface area (Å²) in [5.74, 6) is 1.55. The lowest BCUT2D eigenvalue weighted by Crippen LogP contribution is -2.06. The van der Waals surface area contributed by atoms with Crippen LogP contribution in [0.4, 0.5) is 0 Å². The van der Waals surface area contributed by atoms with Crippen molar-refractivity contribution in [2.24, 2.45) is 0 Å². The van der Waals surface area contributed by atoms with Gasteiger partial charge in [0.25, 0.3) is 0 Å². The van der Waals surface area contributed by atoms with Crippen molar-refractivity contribution in [3.63, 3.8) is 0 Å². The maximum absolute atomic E-state index is 5.55. The fourth-order valence-corrected chi connectivity index (χ4v) is 1.49. The molecule has 1 unspecified atom stereocenters. The molecule has 0 saturated carbocycles. The highest BCUT2D eigenvalue weighted by Gasteiger charge is 2.02. The molecule has 1 atom stereocenters. The van der Waals surface area contributed by atoms with E-state index in [2.05, 4.69) is 26.0 Å². The summed E-state index contributed by atoms with van der Waals surface area (Å²) >= 11 is 0. The molecule has 0 aliphatic heterocycles. The van der Waals surface area contributed by atoms with E-state index in [0.717, 1.165) is 12.4 Å². The molecule has 0 radical (unpaired) electrons. The molecule has 0 amide bonds. The number of benzene rings is 1. The Morgan fingerprint density at radius 3 is 2.31 bits per heavy atom. The van der Waals surface area contributed by atoms with Gasteiger partial charge in [-0.2, -0.15) is 0 Å². The third-order valence-corrected chi connectivity index (χ3v) is 2.76. The SMILES string of the molecule is CCOCCOc1ccc(C(C)CC)cc1. The zero-order chi connectivity index (χ0) is 11.8. The molecular weight excluding hydrogens is 200 g/mol. The standard InChI is InChI=1S/C14H22O2/c1-4-12(3)13-6-8-14(9-7-13)16-11-10-15-5-2/h6-9,12H,4-5,10-11H2,1-3H3. The quantitative estimate of drug-likeness (QED) is 0.656. The van der Waals surface area contributed by atoms with Crippen molar-refractivity contribution in [2.45, 2.75) is 33.1 Å². The topological polar surface area (TPSA) is 18.5 Å². The van der Waals surface area contributed by atoms with Gasteiger partial charge in [0.05, 0.1) is 6.61 Å². The molecule has 0 aliphatic carbocycles. The van der Waals surface area contributed by atoms with Gasteiger partial charge in [0.1, 0.15) is 12.4 Å². The molecule has 1 rings (SSSR count). The van der Waals surface area contributed by atoms with Crippen LogP contribution in [0.1, 0.15) is 38.7 Å². The van der Waals surface area contributed by atoms with E-state index in [1.807, 2.05) is 19.1 Å². The van der Waals surface area contributed by atoms with Gasteiger partial charge in [-0.05, 0) is 37.0 Å². The van der Waals surface area contributed by atoms with E-state index in [1.165, 1.54) is 12.0 Å². The first-order valence-electron chi connectivity index (χ1n) is 6.08. The maximum Gasteiger partial charge on any atom is 0.119 e. The predicted molar refractivity (Wildman–Crippen MR) is 67.1 cm³/mol. The van der Waals surface area contributed by atoms with Crippen LogP contribution in [-0.2, 0) is 4.74 Å². The van der Waals surface area contributed by atoms with E-state index < -0.39 is 0 Å². The van der Waals surface area contributed by atoms with Crippen molar-refractivity contribution in [3.05, 3.63) is 29.8 Å². The van der Waals surface area contributed by atoms with E-state index in [4.69, 9.17) is 9.47 Å². The molecule has 0 aromatic heterocycles. The summed E-state index contributed by atoms with van der Waals surface area (Å²) in [6, 6.07) is 8.36. The lowest BCUT2D eigenvalue weighted by Gasteiger charge is -2.10. The summed E-state index contributed by atoms with van der Waals surface area (Å²) in [6.07, 6.45) is 1.17. The maximum atomic E-state index is 5.55. The Labute approximate surface area is 98.6 Å². The van der Waals surface area contributed by atoms with Gasteiger partial charge < -0.3 is 9.47 Å². The average molecular weight is 222 g/mol. The van der Waals surface area contributed by atoms with Crippen molar-refractivity contribution >= 4 is 0 Å². The summed E-state index contributed by atoms with van der Waals surface area (Å²) in [5, 5.41) is 0. The third kappa shape index (κ3) is 4.23. The fraction of sp³-hybridized carbons (Fsp3) is 0.571. The first kappa shape index (κ1) is 13.0. The second-order valence-corrected chi connectivity index (χ2v) is 3.92. The molecule has 2 heteroatoms. The second-order valence-electron chi connectivity index (χ2n) is 3.92. The van der Waals surface area contributed by atoms with Crippen molar-refractivity contribution in [1.82, 2.24) is 0 Å². The van der Waals surface area contributed by atoms with Crippen molar-refractivity contribution in [3.8, 4) is 5.75 Å². The molecule has 0 heterocycles. The fourth-order valence-electron chi connectivity index (χ4n) is 1.49. The highest BCUT2D eigenvalue weighted by Crippen LogP contribution is 2.21. The van der Waals surface area contributed by atoms with Gasteiger partial charge in [-0.25, -0.2) is 0 Å². The van der Waals surface area contributed by atoms with E-state index in [-0.39, 0.29) is 0 Å². The highest BCUT2D eigenvalue weighted by molar-refractivity contribution is 5.29. The predicted octanol–water partition coefficient (Wildman–Crippen LogP) is 3.62. The van der Waals surface area contributed by atoms with Crippen LogP contribution in [0.3, 0.4) is 0 Å². The first-order valence-corrected chi connectivity index (χ1v) is 6.08. The third-order valence-electron chi connectivity index (χ3n) is 2.76. The van der Waals surface area contributed by atoms with Crippen LogP contribution in [0.5, 0.6) is 5.75 Å². The van der Waals surface area contributed by atoms with Gasteiger partial charge in [0.15, 0.2) is 0 Å². The number of rotatable bonds is 7. The van der Waals surface area contributed by atoms with Gasteiger partial charge in [-0.3, -0.25) is 0 Å². The minimum absolute atomic E-state index is 0.622. The molecular formula is C14H22O2. The van der Waals surface area contributed by atoms with E-state index >= 15 is 0 Å². The number of hydrogen-bond donors (Lipinski definition) is 0. The number of hydrogen-bond acceptors (Lipinski definition) is 2. The van der Waals surface area contributed by atoms with Crippen LogP contribution < -0.4 is 4.74 Å². The van der Waals surface area contributed by atoms with Gasteiger partial charge >= 0.3 is 0 Å². The van der Waals surface area contributed by atoms with Crippen LogP contribution in [0.15, 0.2) is 24.3 Å². The zero-order valence-electron chi connectivity index (χ0n) is 10.5. The van der Waals surface area contributed by atoms with Crippen molar-refractivity contribution in [2.75, 3.05) is 19.8 Å². The van der Waals surface area contributed by atoms with Crippen LogP contribution in [0.2, 0.25) is 0 Å². The molecule has 16 heavy (non-hydrogen) atoms. The summed E-state index contributed by atoms with van der Waals surface area (Å²) in [4.78, 5) is 0. The van der Waals surface area contributed by atoms with Crippen LogP contribution in [0, 0.1) is 0 Å². The minimum Gasteiger partial charge on any atom is -0.491 e. The Hall–Kier alpha value is -1.02. The second kappa shape index (κ2) is 7.29. The Kier molecular flexibility index (Phi) is 5.94. The Bertz CT molecular complexity index is 279. The number of ether oxygens (including phenoxy) is 2. The Morgan fingerprint density at radius 2 is 1.75 bits per heavy atom. The lowest BCUT2D eigenvalue weighted by molar-refractivity contribution is 0.110. The summed E-state index contributed by atoms with van der Waals surface area (Å²) in [5.41, 5.74) is 1.37. The largest absolute Gasteiger partial charge is 0.491 e. The molecule has 90 valence electrons. The van der Waals surface area contributed by atoms with Gasteiger partial charge in [0, 0.05) is 6.61 Å². The molecule has 0 bridgehead atoms. The van der Waals surface area contributed by atoms with Crippen LogP contribution >= 0.6 is 0 Å². The molecule has 2 nitrogen and oxygen atoms in total. The first-order chi connectivity index (χ1) is 7.77. The van der Waals surface area contributed by atoms with Crippen LogP contribution in [0.25, 0.3) is 0 Å². The van der Waals surface area contributed by atoms with Gasteiger partial charge in [-0.15, -0.1) is 0 Å². The van der Waals surface area contributed by atoms with Crippen molar-refractivity contribution < 1.29 is 9.47 Å². The molecule has 1 aromatic carbocycles. The Balaban J connectivity index is 2.39. The molecule has 0 saturated heterocycles. The molecule has 0 N–H and O–H groups in total. The Morgan fingerprint density at radius 1 is 1.06 bits per heavy atom. The highest BCUT2D eigenvalue weighted by atomic mass is 16.5. The molecule has 0 fully saturated rings. The van der Waals surface area contributed by atoms with Crippen LogP contribution in [-0.4, -0.2) is 19.8 Å².